The molecule has 1 aliphatic rings. The van der Waals surface area contributed by atoms with E-state index in [1.165, 1.54) is 18.4 Å². The zero-order chi connectivity index (χ0) is 13.3. The highest BCUT2D eigenvalue weighted by atomic mass is 79.9. The van der Waals surface area contributed by atoms with Crippen molar-refractivity contribution >= 4 is 31.9 Å². The Labute approximate surface area is 125 Å². The van der Waals surface area contributed by atoms with Crippen LogP contribution in [0.4, 0.5) is 0 Å². The maximum Gasteiger partial charge on any atom is 0.161 e. The van der Waals surface area contributed by atoms with Gasteiger partial charge in [-0.15, -0.1) is 0 Å². The van der Waals surface area contributed by atoms with Gasteiger partial charge in [-0.2, -0.15) is 0 Å². The van der Waals surface area contributed by atoms with E-state index in [4.69, 9.17) is 9.47 Å². The lowest BCUT2D eigenvalue weighted by Crippen LogP contribution is -2.07. The fourth-order valence-electron chi connectivity index (χ4n) is 2.23. The molecule has 2 rings (SSSR count). The maximum absolute atomic E-state index is 5.37. The second kappa shape index (κ2) is 5.83. The van der Waals surface area contributed by atoms with Gasteiger partial charge >= 0.3 is 0 Å². The number of methoxy groups -OCH3 is 2. The molecule has 0 saturated heterocycles. The van der Waals surface area contributed by atoms with Crippen LogP contribution in [0, 0.1) is 11.8 Å². The summed E-state index contributed by atoms with van der Waals surface area (Å²) in [7, 11) is 3.32. The second-order valence-electron chi connectivity index (χ2n) is 4.83. The summed E-state index contributed by atoms with van der Waals surface area (Å²) < 4.78 is 11.7. The first kappa shape index (κ1) is 14.2. The Morgan fingerprint density at radius 3 is 2.22 bits per heavy atom. The van der Waals surface area contributed by atoms with Crippen LogP contribution < -0.4 is 9.47 Å². The molecule has 1 aromatic rings. The summed E-state index contributed by atoms with van der Waals surface area (Å²) in [5.74, 6) is 3.03. The smallest absolute Gasteiger partial charge is 0.161 e. The van der Waals surface area contributed by atoms with E-state index in [1.54, 1.807) is 14.2 Å². The van der Waals surface area contributed by atoms with Crippen LogP contribution in [0.2, 0.25) is 0 Å². The van der Waals surface area contributed by atoms with Gasteiger partial charge in [-0.1, -0.05) is 38.8 Å². The van der Waals surface area contributed by atoms with Gasteiger partial charge in [0.05, 0.1) is 14.2 Å². The van der Waals surface area contributed by atoms with Crippen LogP contribution in [0.5, 0.6) is 11.5 Å². The average molecular weight is 378 g/mol. The molecular formula is C14H18Br2O2. The predicted octanol–water partition coefficient (Wildman–Crippen LogP) is 4.95. The third-order valence-electron chi connectivity index (χ3n) is 3.63. The Morgan fingerprint density at radius 2 is 1.72 bits per heavy atom. The highest BCUT2D eigenvalue weighted by Gasteiger charge is 2.33. The number of hydrogen-bond acceptors (Lipinski definition) is 2. The molecule has 2 nitrogen and oxygen atoms in total. The van der Waals surface area contributed by atoms with E-state index in [0.717, 1.165) is 21.9 Å². The van der Waals surface area contributed by atoms with Gasteiger partial charge in [0.15, 0.2) is 11.5 Å². The van der Waals surface area contributed by atoms with Crippen molar-refractivity contribution in [2.45, 2.75) is 24.6 Å². The van der Waals surface area contributed by atoms with E-state index in [2.05, 4.69) is 44.8 Å². The molecule has 1 fully saturated rings. The Balaban J connectivity index is 2.31. The summed E-state index contributed by atoms with van der Waals surface area (Å²) in [5.41, 5.74) is 1.23. The number of benzene rings is 1. The summed E-state index contributed by atoms with van der Waals surface area (Å²) in [4.78, 5) is 0.346. The summed E-state index contributed by atoms with van der Waals surface area (Å²) in [6.07, 6.45) is 2.71. The third-order valence-corrected chi connectivity index (χ3v) is 5.64. The van der Waals surface area contributed by atoms with E-state index in [1.807, 2.05) is 6.07 Å². The molecule has 0 radical (unpaired) electrons. The fraction of sp³-hybridized carbons (Fsp3) is 0.571. The minimum Gasteiger partial charge on any atom is -0.493 e. The molecule has 0 heterocycles. The van der Waals surface area contributed by atoms with Gasteiger partial charge in [-0.3, -0.25) is 0 Å². The normalized spacial score (nSPS) is 18.3. The van der Waals surface area contributed by atoms with Crippen LogP contribution in [0.3, 0.4) is 0 Å². The van der Waals surface area contributed by atoms with Gasteiger partial charge in [0.25, 0.3) is 0 Å². The SMILES string of the molecule is COc1cc(Br)c(C(Br)C(C)C2CC2)cc1OC. The molecule has 2 atom stereocenters. The van der Waals surface area contributed by atoms with Crippen LogP contribution in [0.1, 0.15) is 30.2 Å². The van der Waals surface area contributed by atoms with E-state index < -0.39 is 0 Å². The number of hydrogen-bond donors (Lipinski definition) is 0. The van der Waals surface area contributed by atoms with E-state index in [-0.39, 0.29) is 0 Å². The Hall–Kier alpha value is -0.220. The first-order valence-corrected chi connectivity index (χ1v) is 7.84. The predicted molar refractivity (Wildman–Crippen MR) is 80.8 cm³/mol. The number of rotatable bonds is 5. The summed E-state index contributed by atoms with van der Waals surface area (Å²) in [6.45, 7) is 2.31. The van der Waals surface area contributed by atoms with Crippen LogP contribution >= 0.6 is 31.9 Å². The van der Waals surface area contributed by atoms with Gasteiger partial charge in [-0.05, 0) is 42.4 Å². The van der Waals surface area contributed by atoms with Crippen molar-refractivity contribution < 1.29 is 9.47 Å². The Bertz CT molecular complexity index is 430. The first-order valence-electron chi connectivity index (χ1n) is 6.14. The molecule has 2 unspecified atom stereocenters. The standard InChI is InChI=1S/C14H18Br2O2/c1-8(9-4-5-9)14(16)10-6-12(17-2)13(18-3)7-11(10)15/h6-9,14H,4-5H2,1-3H3. The first-order chi connectivity index (χ1) is 8.58. The molecule has 1 aromatic carbocycles. The molecule has 18 heavy (non-hydrogen) atoms. The minimum absolute atomic E-state index is 0.346. The van der Waals surface area contributed by atoms with E-state index >= 15 is 0 Å². The molecule has 0 aliphatic heterocycles. The van der Waals surface area contributed by atoms with Crippen molar-refractivity contribution in [3.8, 4) is 11.5 Å². The van der Waals surface area contributed by atoms with Crippen LogP contribution in [0.15, 0.2) is 16.6 Å². The highest BCUT2D eigenvalue weighted by molar-refractivity contribution is 9.11. The van der Waals surface area contributed by atoms with Gasteiger partial charge < -0.3 is 9.47 Å². The molecule has 1 aliphatic carbocycles. The molecule has 1 saturated carbocycles. The zero-order valence-corrected chi connectivity index (χ0v) is 14.0. The fourth-order valence-corrected chi connectivity index (χ4v) is 3.91. The molecular weight excluding hydrogens is 360 g/mol. The van der Waals surface area contributed by atoms with Crippen LogP contribution in [0.25, 0.3) is 0 Å². The zero-order valence-electron chi connectivity index (χ0n) is 10.9. The molecule has 0 N–H and O–H groups in total. The number of halogens is 2. The van der Waals surface area contributed by atoms with Crippen molar-refractivity contribution in [3.05, 3.63) is 22.2 Å². The molecule has 4 heteroatoms. The molecule has 100 valence electrons. The van der Waals surface area contributed by atoms with Crippen molar-refractivity contribution in [2.24, 2.45) is 11.8 Å². The number of alkyl halides is 1. The highest BCUT2D eigenvalue weighted by Crippen LogP contribution is 2.49. The topological polar surface area (TPSA) is 18.5 Å². The summed E-state index contributed by atoms with van der Waals surface area (Å²) >= 11 is 7.45. The Kier molecular flexibility index (Phi) is 4.59. The Morgan fingerprint density at radius 1 is 1.17 bits per heavy atom. The van der Waals surface area contributed by atoms with Crippen LogP contribution in [-0.4, -0.2) is 14.2 Å². The summed E-state index contributed by atoms with van der Waals surface area (Å²) in [6, 6.07) is 4.03. The van der Waals surface area contributed by atoms with Gasteiger partial charge in [0.1, 0.15) is 0 Å². The minimum atomic E-state index is 0.346. The molecule has 0 aromatic heterocycles. The quantitative estimate of drug-likeness (QED) is 0.676. The van der Waals surface area contributed by atoms with Crippen molar-refractivity contribution in [1.82, 2.24) is 0 Å². The van der Waals surface area contributed by atoms with Gasteiger partial charge in [-0.25, -0.2) is 0 Å². The van der Waals surface area contributed by atoms with E-state index in [9.17, 15) is 0 Å². The van der Waals surface area contributed by atoms with E-state index in [0.29, 0.717) is 10.7 Å². The van der Waals surface area contributed by atoms with Gasteiger partial charge in [0.2, 0.25) is 0 Å². The van der Waals surface area contributed by atoms with Crippen molar-refractivity contribution in [2.75, 3.05) is 14.2 Å². The maximum atomic E-state index is 5.37. The third kappa shape index (κ3) is 2.85. The lowest BCUT2D eigenvalue weighted by atomic mass is 9.96. The molecule has 0 bridgehead atoms. The van der Waals surface area contributed by atoms with Crippen LogP contribution in [-0.2, 0) is 0 Å². The summed E-state index contributed by atoms with van der Waals surface area (Å²) in [5, 5.41) is 0. The largest absolute Gasteiger partial charge is 0.493 e. The lowest BCUT2D eigenvalue weighted by molar-refractivity contribution is 0.353. The monoisotopic (exact) mass is 376 g/mol. The van der Waals surface area contributed by atoms with Gasteiger partial charge in [0, 0.05) is 9.30 Å². The van der Waals surface area contributed by atoms with Crippen molar-refractivity contribution in [3.63, 3.8) is 0 Å². The average Bonchev–Trinajstić information content (AvgIpc) is 3.20. The lowest BCUT2D eigenvalue weighted by Gasteiger charge is -2.21. The second-order valence-corrected chi connectivity index (χ2v) is 6.67. The molecule has 0 spiro atoms. The number of ether oxygens (including phenoxy) is 2. The van der Waals surface area contributed by atoms with Crippen molar-refractivity contribution in [1.29, 1.82) is 0 Å². The molecule has 0 amide bonds.